The standard InChI is InChI=1S/C17H11F3N2O/c18-17(19,20)13-7-3-1-5-11(13)9-10-15-21-14-8-4-2-6-12(14)16(23)22-15/h1-10H,(H,21,22,23). The molecule has 0 spiro atoms. The maximum atomic E-state index is 12.9. The van der Waals surface area contributed by atoms with E-state index in [1.165, 1.54) is 30.4 Å². The molecule has 3 aromatic rings. The van der Waals surface area contributed by atoms with Crippen LogP contribution in [0.3, 0.4) is 0 Å². The number of aromatic nitrogens is 2. The second kappa shape index (κ2) is 5.72. The minimum absolute atomic E-state index is 0.0100. The SMILES string of the molecule is O=c1[nH]c(C=Cc2ccccc2C(F)(F)F)nc2ccccc12. The first-order chi connectivity index (χ1) is 10.9. The Kier molecular flexibility index (Phi) is 3.73. The highest BCUT2D eigenvalue weighted by atomic mass is 19.4. The fourth-order valence-electron chi connectivity index (χ4n) is 2.25. The smallest absolute Gasteiger partial charge is 0.306 e. The molecular weight excluding hydrogens is 305 g/mol. The number of rotatable bonds is 2. The average molecular weight is 316 g/mol. The van der Waals surface area contributed by atoms with E-state index in [0.29, 0.717) is 10.9 Å². The van der Waals surface area contributed by atoms with Crippen molar-refractivity contribution in [3.63, 3.8) is 0 Å². The number of H-pyrrole nitrogens is 1. The van der Waals surface area contributed by atoms with E-state index in [4.69, 9.17) is 0 Å². The first-order valence-corrected chi connectivity index (χ1v) is 6.78. The molecule has 0 aliphatic carbocycles. The average Bonchev–Trinajstić information content (AvgIpc) is 2.52. The quantitative estimate of drug-likeness (QED) is 0.773. The molecule has 23 heavy (non-hydrogen) atoms. The van der Waals surface area contributed by atoms with Crippen molar-refractivity contribution in [1.82, 2.24) is 9.97 Å². The molecule has 0 aliphatic heterocycles. The molecule has 0 aliphatic rings. The van der Waals surface area contributed by atoms with Crippen molar-refractivity contribution in [3.05, 3.63) is 75.8 Å². The molecule has 6 heteroatoms. The van der Waals surface area contributed by atoms with Crippen molar-refractivity contribution in [3.8, 4) is 0 Å². The highest BCUT2D eigenvalue weighted by Gasteiger charge is 2.32. The molecule has 0 saturated carbocycles. The lowest BCUT2D eigenvalue weighted by Gasteiger charge is -2.09. The van der Waals surface area contributed by atoms with Crippen molar-refractivity contribution in [2.45, 2.75) is 6.18 Å². The van der Waals surface area contributed by atoms with Gasteiger partial charge in [-0.05, 0) is 29.8 Å². The van der Waals surface area contributed by atoms with E-state index in [-0.39, 0.29) is 16.9 Å². The number of aromatic amines is 1. The van der Waals surface area contributed by atoms with Crippen LogP contribution in [0.4, 0.5) is 13.2 Å². The number of hydrogen-bond acceptors (Lipinski definition) is 2. The normalized spacial score (nSPS) is 12.1. The van der Waals surface area contributed by atoms with Crippen LogP contribution in [0.5, 0.6) is 0 Å². The molecule has 0 saturated heterocycles. The van der Waals surface area contributed by atoms with Gasteiger partial charge in [0.1, 0.15) is 5.82 Å². The molecule has 0 unspecified atom stereocenters. The Morgan fingerprint density at radius 3 is 2.43 bits per heavy atom. The third-order valence-electron chi connectivity index (χ3n) is 3.32. The van der Waals surface area contributed by atoms with Crippen LogP contribution in [0.15, 0.2) is 53.3 Å². The monoisotopic (exact) mass is 316 g/mol. The Balaban J connectivity index is 2.03. The molecule has 0 fully saturated rings. The van der Waals surface area contributed by atoms with Gasteiger partial charge in [-0.25, -0.2) is 4.98 Å². The summed E-state index contributed by atoms with van der Waals surface area (Å²) < 4.78 is 38.8. The van der Waals surface area contributed by atoms with E-state index in [9.17, 15) is 18.0 Å². The minimum atomic E-state index is -4.44. The number of benzene rings is 2. The summed E-state index contributed by atoms with van der Waals surface area (Å²) in [5.41, 5.74) is -0.574. The number of para-hydroxylation sites is 1. The fourth-order valence-corrected chi connectivity index (χ4v) is 2.25. The maximum absolute atomic E-state index is 12.9. The molecular formula is C17H11F3N2O. The summed E-state index contributed by atoms with van der Waals surface area (Å²) in [6.07, 6.45) is -1.79. The molecule has 3 nitrogen and oxygen atoms in total. The van der Waals surface area contributed by atoms with Crippen LogP contribution in [0, 0.1) is 0 Å². The zero-order valence-electron chi connectivity index (χ0n) is 11.8. The van der Waals surface area contributed by atoms with Crippen LogP contribution in [0.1, 0.15) is 17.0 Å². The van der Waals surface area contributed by atoms with Gasteiger partial charge >= 0.3 is 6.18 Å². The van der Waals surface area contributed by atoms with Crippen molar-refractivity contribution < 1.29 is 13.2 Å². The Morgan fingerprint density at radius 2 is 1.65 bits per heavy atom. The molecule has 0 amide bonds. The summed E-state index contributed by atoms with van der Waals surface area (Å²) in [4.78, 5) is 18.7. The predicted octanol–water partition coefficient (Wildman–Crippen LogP) is 4.11. The first-order valence-electron chi connectivity index (χ1n) is 6.78. The summed E-state index contributed by atoms with van der Waals surface area (Å²) >= 11 is 0. The summed E-state index contributed by atoms with van der Waals surface area (Å²) in [5.74, 6) is 0.200. The van der Waals surface area contributed by atoms with Crippen LogP contribution >= 0.6 is 0 Å². The Bertz CT molecular complexity index is 942. The lowest BCUT2D eigenvalue weighted by Crippen LogP contribution is -2.09. The van der Waals surface area contributed by atoms with E-state index in [1.807, 2.05) is 0 Å². The lowest BCUT2D eigenvalue weighted by atomic mass is 10.1. The van der Waals surface area contributed by atoms with E-state index < -0.39 is 11.7 Å². The van der Waals surface area contributed by atoms with Crippen LogP contribution in [-0.2, 0) is 6.18 Å². The number of hydrogen-bond donors (Lipinski definition) is 1. The van der Waals surface area contributed by atoms with Gasteiger partial charge in [-0.15, -0.1) is 0 Å². The van der Waals surface area contributed by atoms with Gasteiger partial charge in [0.25, 0.3) is 5.56 Å². The Morgan fingerprint density at radius 1 is 0.957 bits per heavy atom. The number of fused-ring (bicyclic) bond motifs is 1. The zero-order valence-corrected chi connectivity index (χ0v) is 11.8. The molecule has 1 N–H and O–H groups in total. The summed E-state index contributed by atoms with van der Waals surface area (Å²) in [7, 11) is 0. The van der Waals surface area contributed by atoms with Gasteiger partial charge in [-0.2, -0.15) is 13.2 Å². The van der Waals surface area contributed by atoms with Gasteiger partial charge in [0.2, 0.25) is 0 Å². The van der Waals surface area contributed by atoms with Crippen molar-refractivity contribution in [2.75, 3.05) is 0 Å². The first kappa shape index (κ1) is 15.0. The molecule has 1 aromatic heterocycles. The van der Waals surface area contributed by atoms with Gasteiger partial charge in [0.05, 0.1) is 16.5 Å². The zero-order chi connectivity index (χ0) is 16.4. The number of nitrogens with zero attached hydrogens (tertiary/aromatic N) is 1. The lowest BCUT2D eigenvalue weighted by molar-refractivity contribution is -0.137. The third kappa shape index (κ3) is 3.15. The summed E-state index contributed by atoms with van der Waals surface area (Å²) in [5, 5.41) is 0.431. The highest BCUT2D eigenvalue weighted by molar-refractivity contribution is 5.79. The topological polar surface area (TPSA) is 45.8 Å². The maximum Gasteiger partial charge on any atom is 0.416 e. The Hall–Kier alpha value is -2.89. The molecule has 0 bridgehead atoms. The van der Waals surface area contributed by atoms with E-state index in [1.54, 1.807) is 24.3 Å². The predicted molar refractivity (Wildman–Crippen MR) is 82.7 cm³/mol. The largest absolute Gasteiger partial charge is 0.416 e. The fraction of sp³-hybridized carbons (Fsp3) is 0.0588. The van der Waals surface area contributed by atoms with Crippen LogP contribution < -0.4 is 5.56 Å². The number of nitrogens with one attached hydrogen (secondary N) is 1. The van der Waals surface area contributed by atoms with Crippen LogP contribution in [-0.4, -0.2) is 9.97 Å². The highest BCUT2D eigenvalue weighted by Crippen LogP contribution is 2.32. The van der Waals surface area contributed by atoms with Crippen LogP contribution in [0.25, 0.3) is 23.1 Å². The number of halogens is 3. The minimum Gasteiger partial charge on any atom is -0.306 e. The van der Waals surface area contributed by atoms with E-state index >= 15 is 0 Å². The molecule has 116 valence electrons. The molecule has 0 radical (unpaired) electrons. The van der Waals surface area contributed by atoms with Gasteiger partial charge in [-0.1, -0.05) is 36.4 Å². The van der Waals surface area contributed by atoms with Gasteiger partial charge in [0, 0.05) is 0 Å². The number of alkyl halides is 3. The van der Waals surface area contributed by atoms with E-state index in [0.717, 1.165) is 6.07 Å². The molecule has 3 rings (SSSR count). The summed E-state index contributed by atoms with van der Waals surface area (Å²) in [6, 6.07) is 12.0. The van der Waals surface area contributed by atoms with Gasteiger partial charge in [0.15, 0.2) is 0 Å². The second-order valence-electron chi connectivity index (χ2n) is 4.89. The third-order valence-corrected chi connectivity index (χ3v) is 3.32. The van der Waals surface area contributed by atoms with Crippen LogP contribution in [0.2, 0.25) is 0 Å². The van der Waals surface area contributed by atoms with E-state index in [2.05, 4.69) is 9.97 Å². The molecule has 0 atom stereocenters. The van der Waals surface area contributed by atoms with Gasteiger partial charge < -0.3 is 4.98 Å². The molecule has 2 aromatic carbocycles. The molecule has 1 heterocycles. The van der Waals surface area contributed by atoms with Gasteiger partial charge in [-0.3, -0.25) is 4.79 Å². The Labute approximate surface area is 129 Å². The van der Waals surface area contributed by atoms with Crippen molar-refractivity contribution in [1.29, 1.82) is 0 Å². The van der Waals surface area contributed by atoms with Crippen molar-refractivity contribution >= 4 is 23.1 Å². The summed E-state index contributed by atoms with van der Waals surface area (Å²) in [6.45, 7) is 0. The second-order valence-corrected chi connectivity index (χ2v) is 4.89. The van der Waals surface area contributed by atoms with Crippen molar-refractivity contribution in [2.24, 2.45) is 0 Å².